The summed E-state index contributed by atoms with van der Waals surface area (Å²) in [4.78, 5) is 16.7. The van der Waals surface area contributed by atoms with Gasteiger partial charge in [-0.05, 0) is 71.4 Å². The molecule has 4 nitrogen and oxygen atoms in total. The zero-order valence-electron chi connectivity index (χ0n) is 19.5. The molecule has 6 rings (SSSR count). The predicted octanol–water partition coefficient (Wildman–Crippen LogP) is 1.59. The SMILES string of the molecule is Cc1ccccc1C1=c2ccc3c(c2P(=O)([O-])c2c1ccc1c2CCCN1C)CCC[N+]=3C. The van der Waals surface area contributed by atoms with Crippen molar-refractivity contribution in [1.29, 1.82) is 0 Å². The smallest absolute Gasteiger partial charge is 0.203 e. The summed E-state index contributed by atoms with van der Waals surface area (Å²) in [6.45, 7) is 4.03. The quantitative estimate of drug-likeness (QED) is 0.413. The fourth-order valence-electron chi connectivity index (χ4n) is 6.16. The summed E-state index contributed by atoms with van der Waals surface area (Å²) in [6, 6.07) is 16.7. The monoisotopic (exact) mass is 456 g/mol. The van der Waals surface area contributed by atoms with Crippen molar-refractivity contribution in [3.63, 3.8) is 0 Å². The number of fused-ring (bicyclic) bond motifs is 6. The third-order valence-electron chi connectivity index (χ3n) is 7.72. The number of anilines is 1. The molecule has 0 aliphatic carbocycles. The maximum Gasteiger partial charge on any atom is 0.203 e. The van der Waals surface area contributed by atoms with E-state index < -0.39 is 7.37 Å². The molecule has 3 aliphatic rings. The van der Waals surface area contributed by atoms with E-state index in [0.717, 1.165) is 88.4 Å². The highest BCUT2D eigenvalue weighted by Crippen LogP contribution is 2.45. The van der Waals surface area contributed by atoms with E-state index in [0.29, 0.717) is 10.6 Å². The van der Waals surface area contributed by atoms with Crippen molar-refractivity contribution in [2.24, 2.45) is 0 Å². The topological polar surface area (TPSA) is 46.4 Å². The molecule has 0 aromatic heterocycles. The van der Waals surface area contributed by atoms with Gasteiger partial charge in [-0.15, -0.1) is 0 Å². The van der Waals surface area contributed by atoms with Crippen LogP contribution < -0.4 is 35.6 Å². The molecule has 33 heavy (non-hydrogen) atoms. The Bertz CT molecular complexity index is 1510. The van der Waals surface area contributed by atoms with Gasteiger partial charge >= 0.3 is 0 Å². The normalized spacial score (nSPS) is 21.3. The number of aryl methyl sites for hydroxylation is 1. The Morgan fingerprint density at radius 2 is 1.73 bits per heavy atom. The van der Waals surface area contributed by atoms with E-state index in [2.05, 4.69) is 73.0 Å². The van der Waals surface area contributed by atoms with Crippen molar-refractivity contribution in [3.8, 4) is 0 Å². The van der Waals surface area contributed by atoms with Crippen LogP contribution in [0.25, 0.3) is 5.57 Å². The lowest BCUT2D eigenvalue weighted by molar-refractivity contribution is -0.167. The molecule has 0 radical (unpaired) electrons. The van der Waals surface area contributed by atoms with Gasteiger partial charge in [0, 0.05) is 47.9 Å². The van der Waals surface area contributed by atoms with Gasteiger partial charge in [0.1, 0.15) is 13.6 Å². The second kappa shape index (κ2) is 7.41. The van der Waals surface area contributed by atoms with Gasteiger partial charge in [-0.2, -0.15) is 0 Å². The van der Waals surface area contributed by atoms with Crippen molar-refractivity contribution in [2.75, 3.05) is 32.1 Å². The first-order chi connectivity index (χ1) is 15.9. The van der Waals surface area contributed by atoms with Gasteiger partial charge in [0.2, 0.25) is 5.36 Å². The molecule has 3 aromatic rings. The van der Waals surface area contributed by atoms with E-state index >= 15 is 0 Å². The van der Waals surface area contributed by atoms with Crippen molar-refractivity contribution in [1.82, 2.24) is 4.58 Å². The summed E-state index contributed by atoms with van der Waals surface area (Å²) in [5.41, 5.74) is 7.27. The van der Waals surface area contributed by atoms with Gasteiger partial charge in [-0.3, -0.25) is 0 Å². The van der Waals surface area contributed by atoms with E-state index in [9.17, 15) is 9.46 Å². The van der Waals surface area contributed by atoms with E-state index in [1.54, 1.807) is 0 Å². The van der Waals surface area contributed by atoms with Crippen molar-refractivity contribution < 1.29 is 9.46 Å². The second-order valence-corrected chi connectivity index (χ2v) is 11.7. The van der Waals surface area contributed by atoms with Gasteiger partial charge in [-0.25, -0.2) is 4.58 Å². The summed E-state index contributed by atoms with van der Waals surface area (Å²) >= 11 is 0. The molecule has 3 heterocycles. The average Bonchev–Trinajstić information content (AvgIpc) is 2.80. The van der Waals surface area contributed by atoms with Crippen LogP contribution in [0.1, 0.15) is 40.7 Å². The van der Waals surface area contributed by atoms with Gasteiger partial charge in [0.15, 0.2) is 0 Å². The number of hydrogen-bond donors (Lipinski definition) is 0. The summed E-state index contributed by atoms with van der Waals surface area (Å²) in [5, 5.41) is 3.07. The van der Waals surface area contributed by atoms with Crippen LogP contribution in [-0.4, -0.2) is 27.2 Å². The van der Waals surface area contributed by atoms with Crippen LogP contribution in [0.15, 0.2) is 48.5 Å². The molecule has 0 fully saturated rings. The van der Waals surface area contributed by atoms with Crippen molar-refractivity contribution in [2.45, 2.75) is 32.6 Å². The molecule has 0 N–H and O–H groups in total. The first-order valence-corrected chi connectivity index (χ1v) is 13.5. The standard InChI is InChI=1S/C28H29N2O2P/c1-18-8-4-5-9-19(18)26-22-12-14-24-20(10-6-16-29(24)2)27(22)33(31,32)28-21-11-7-17-30(3)25(21)15-13-23(26)28/h4-5,8-9,12-15H,6-7,10-11,16-17H2,1-3H3. The summed E-state index contributed by atoms with van der Waals surface area (Å²) < 4.78 is 16.7. The Morgan fingerprint density at radius 3 is 2.55 bits per heavy atom. The second-order valence-electron chi connectivity index (χ2n) is 9.71. The molecule has 3 aromatic carbocycles. The lowest BCUT2D eigenvalue weighted by Crippen LogP contribution is -2.50. The molecule has 3 aliphatic heterocycles. The van der Waals surface area contributed by atoms with Crippen LogP contribution in [0, 0.1) is 6.92 Å². The molecular formula is C28H29N2O2P. The number of rotatable bonds is 1. The Labute approximate surface area is 195 Å². The van der Waals surface area contributed by atoms with Crippen LogP contribution in [-0.2, 0) is 17.4 Å². The van der Waals surface area contributed by atoms with Crippen LogP contribution in [0.5, 0.6) is 0 Å². The lowest BCUT2D eigenvalue weighted by atomic mass is 9.88. The molecule has 168 valence electrons. The van der Waals surface area contributed by atoms with Crippen molar-refractivity contribution >= 4 is 29.2 Å². The minimum absolute atomic E-state index is 0.568. The highest BCUT2D eigenvalue weighted by molar-refractivity contribution is 7.72. The molecule has 1 unspecified atom stereocenters. The molecule has 1 atom stereocenters. The predicted molar refractivity (Wildman–Crippen MR) is 134 cm³/mol. The van der Waals surface area contributed by atoms with Crippen LogP contribution in [0.3, 0.4) is 0 Å². The van der Waals surface area contributed by atoms with Crippen molar-refractivity contribution in [3.05, 3.63) is 86.9 Å². The zero-order valence-corrected chi connectivity index (χ0v) is 20.4. The zero-order chi connectivity index (χ0) is 22.9. The van der Waals surface area contributed by atoms with Crippen LogP contribution in [0.2, 0.25) is 0 Å². The third kappa shape index (κ3) is 2.94. The minimum Gasteiger partial charge on any atom is -0.793 e. The van der Waals surface area contributed by atoms with Crippen LogP contribution in [0.4, 0.5) is 5.69 Å². The highest BCUT2D eigenvalue weighted by atomic mass is 31.2. The molecule has 5 heteroatoms. The summed E-state index contributed by atoms with van der Waals surface area (Å²) in [6.07, 6.45) is 3.56. The Kier molecular flexibility index (Phi) is 4.69. The van der Waals surface area contributed by atoms with E-state index in [1.807, 2.05) is 6.07 Å². The van der Waals surface area contributed by atoms with E-state index in [4.69, 9.17) is 0 Å². The van der Waals surface area contributed by atoms with E-state index in [1.165, 1.54) is 0 Å². The Balaban J connectivity index is 1.85. The molecule has 0 amide bonds. The Hall–Kier alpha value is -2.68. The lowest BCUT2D eigenvalue weighted by Gasteiger charge is -2.39. The number of hydrogen-bond acceptors (Lipinski definition) is 3. The third-order valence-corrected chi connectivity index (χ3v) is 9.92. The maximum absolute atomic E-state index is 14.5. The first kappa shape index (κ1) is 20.9. The molecular weight excluding hydrogens is 427 g/mol. The number of nitrogens with zero attached hydrogens (tertiary/aromatic N) is 2. The highest BCUT2D eigenvalue weighted by Gasteiger charge is 2.36. The van der Waals surface area contributed by atoms with E-state index in [-0.39, 0.29) is 0 Å². The molecule has 0 bridgehead atoms. The summed E-state index contributed by atoms with van der Waals surface area (Å²) in [7, 11) is 0.101. The van der Waals surface area contributed by atoms with Gasteiger partial charge in [-0.1, -0.05) is 30.3 Å². The van der Waals surface area contributed by atoms with Gasteiger partial charge in [0.05, 0.1) is 7.37 Å². The fourth-order valence-corrected chi connectivity index (χ4v) is 8.56. The first-order valence-electron chi connectivity index (χ1n) is 11.9. The van der Waals surface area contributed by atoms with Gasteiger partial charge in [0.25, 0.3) is 0 Å². The van der Waals surface area contributed by atoms with Crippen LogP contribution >= 0.6 is 7.37 Å². The largest absolute Gasteiger partial charge is 0.793 e. The molecule has 0 spiro atoms. The minimum atomic E-state index is -4.04. The Morgan fingerprint density at radius 1 is 0.939 bits per heavy atom. The molecule has 0 saturated heterocycles. The van der Waals surface area contributed by atoms with Gasteiger partial charge < -0.3 is 14.4 Å². The fraction of sp³-hybridized carbons (Fsp3) is 0.321. The summed E-state index contributed by atoms with van der Waals surface area (Å²) in [5.74, 6) is 0. The maximum atomic E-state index is 14.5. The number of benzene rings is 3. The average molecular weight is 457 g/mol. The molecule has 0 saturated carbocycles.